The fraction of sp³-hybridized carbons (Fsp3) is 0.690. The molecule has 0 aliphatic rings. The van der Waals surface area contributed by atoms with Crippen LogP contribution < -0.4 is 24.0 Å². The van der Waals surface area contributed by atoms with Gasteiger partial charge in [0.25, 0.3) is 0 Å². The van der Waals surface area contributed by atoms with Gasteiger partial charge in [0, 0.05) is 39.6 Å². The topological polar surface area (TPSA) is 88.4 Å². The molecule has 0 aliphatic carbocycles. The molecule has 3 N–H and O–H groups in total. The maximum atomic E-state index is 8.64. The van der Waals surface area contributed by atoms with Crippen LogP contribution in [0, 0.1) is 0 Å². The van der Waals surface area contributed by atoms with Gasteiger partial charge in [-0.05, 0) is 66.1 Å². The van der Waals surface area contributed by atoms with Gasteiger partial charge in [-0.3, -0.25) is 0 Å². The molecule has 0 spiro atoms. The zero-order chi connectivity index (χ0) is 47.0. The normalized spacial score (nSPS) is 10.5. The predicted octanol–water partition coefficient (Wildman–Crippen LogP) is 13.3. The molecule has 0 aromatic heterocycles. The first-order valence-electron chi connectivity index (χ1n) is 26.4. The van der Waals surface area contributed by atoms with Gasteiger partial charge >= 0.3 is 0 Å². The molecule has 0 bridgehead atoms. The zero-order valence-electron chi connectivity index (χ0n) is 42.1. The summed E-state index contributed by atoms with van der Waals surface area (Å²) in [5, 5.41) is 25.6. The number of aliphatic hydroxyl groups excluding tert-OH is 3. The number of rotatable bonds is 41. The van der Waals surface area contributed by atoms with Gasteiger partial charge in [-0.1, -0.05) is 262 Å². The lowest BCUT2D eigenvalue weighted by Crippen LogP contribution is -3.00. The summed E-state index contributed by atoms with van der Waals surface area (Å²) in [6.45, 7) is 8.20. The van der Waals surface area contributed by atoms with Crippen LogP contribution in [0.25, 0.3) is 0 Å². The summed E-state index contributed by atoms with van der Waals surface area (Å²) in [5.74, 6) is 0. The molecule has 3 aromatic carbocycles. The Hall–Kier alpha value is -1.12. The third-order valence-electron chi connectivity index (χ3n) is 11.2. The zero-order valence-corrected chi connectivity index (χ0v) is 46.4. The molecule has 0 heterocycles. The Bertz CT molecular complexity index is 1110. The standard InChI is InChI=1S/C17H28O.C16H25IO.C16H26O2.C9H20O2.HI/c1-2-3-4-5-6-7-8-12-15-18-16-17-13-10-9-11-14-17;2*17-13-9-4-2-1-3-5-10-14-18-15-16-11-7-6-8-12-16;10-8-6-4-2-1-3-5-7-9-11;/h9-11,13-14H,2-8,12,15-16H2,1H3;6-8,11-12H,1-5,9-10,13-15H2;6-8,11-12,17H,1-5,9-10,13-15H2;10-11H,1-9H2;1H/p-1. The van der Waals surface area contributed by atoms with E-state index in [0.717, 1.165) is 78.2 Å². The van der Waals surface area contributed by atoms with E-state index in [-0.39, 0.29) is 24.0 Å². The van der Waals surface area contributed by atoms with Gasteiger partial charge in [-0.25, -0.2) is 0 Å². The van der Waals surface area contributed by atoms with E-state index in [9.17, 15) is 0 Å². The van der Waals surface area contributed by atoms with Gasteiger partial charge in [0.2, 0.25) is 0 Å². The molecule has 6 nitrogen and oxygen atoms in total. The number of halogens is 2. The van der Waals surface area contributed by atoms with Crippen molar-refractivity contribution in [2.75, 3.05) is 44.1 Å². The smallest absolute Gasteiger partial charge is 0.0716 e. The monoisotopic (exact) mass is 1150 g/mol. The minimum atomic E-state index is 0. The predicted molar refractivity (Wildman–Crippen MR) is 288 cm³/mol. The van der Waals surface area contributed by atoms with E-state index in [4.69, 9.17) is 29.5 Å². The summed E-state index contributed by atoms with van der Waals surface area (Å²) in [7, 11) is 0. The highest BCUT2D eigenvalue weighted by molar-refractivity contribution is 14.1. The van der Waals surface area contributed by atoms with Crippen molar-refractivity contribution >= 4 is 22.6 Å². The number of unbranched alkanes of at least 4 members (excludes halogenated alkanes) is 25. The van der Waals surface area contributed by atoms with E-state index in [1.807, 2.05) is 30.3 Å². The van der Waals surface area contributed by atoms with E-state index in [1.165, 1.54) is 169 Å². The lowest BCUT2D eigenvalue weighted by Gasteiger charge is -2.04. The van der Waals surface area contributed by atoms with Gasteiger partial charge in [0.05, 0.1) is 19.8 Å². The highest BCUT2D eigenvalue weighted by Crippen LogP contribution is 2.12. The molecule has 66 heavy (non-hydrogen) atoms. The molecule has 0 amide bonds. The van der Waals surface area contributed by atoms with Crippen molar-refractivity contribution in [2.24, 2.45) is 0 Å². The molecular weight excluding hydrogens is 1050 g/mol. The quantitative estimate of drug-likeness (QED) is 0.0298. The van der Waals surface area contributed by atoms with E-state index in [0.29, 0.717) is 19.8 Å². The number of ether oxygens (including phenoxy) is 3. The van der Waals surface area contributed by atoms with Crippen molar-refractivity contribution in [2.45, 2.75) is 213 Å². The van der Waals surface area contributed by atoms with Crippen molar-refractivity contribution in [3.63, 3.8) is 0 Å². The van der Waals surface area contributed by atoms with Crippen LogP contribution in [-0.2, 0) is 34.0 Å². The maximum Gasteiger partial charge on any atom is 0.0716 e. The molecule has 0 saturated carbocycles. The summed E-state index contributed by atoms with van der Waals surface area (Å²) in [4.78, 5) is 0. The van der Waals surface area contributed by atoms with E-state index >= 15 is 0 Å². The lowest BCUT2D eigenvalue weighted by molar-refractivity contribution is -0.0000186. The summed E-state index contributed by atoms with van der Waals surface area (Å²) < 4.78 is 18.3. The van der Waals surface area contributed by atoms with E-state index in [1.54, 1.807) is 0 Å². The van der Waals surface area contributed by atoms with Gasteiger partial charge in [0.1, 0.15) is 0 Å². The van der Waals surface area contributed by atoms with Crippen LogP contribution in [0.3, 0.4) is 0 Å². The van der Waals surface area contributed by atoms with Crippen LogP contribution in [0.5, 0.6) is 0 Å². The Kier molecular flexibility index (Phi) is 60.9. The second-order valence-electron chi connectivity index (χ2n) is 17.4. The molecule has 0 radical (unpaired) electrons. The first-order valence-corrected chi connectivity index (χ1v) is 28.0. The van der Waals surface area contributed by atoms with Crippen molar-refractivity contribution in [1.29, 1.82) is 0 Å². The van der Waals surface area contributed by atoms with Crippen LogP contribution >= 0.6 is 22.6 Å². The Labute approximate surface area is 437 Å². The Morgan fingerprint density at radius 2 is 0.545 bits per heavy atom. The molecule has 0 unspecified atom stereocenters. The van der Waals surface area contributed by atoms with E-state index < -0.39 is 0 Å². The first kappa shape index (κ1) is 67.0. The number of hydrogen-bond donors (Lipinski definition) is 3. The maximum absolute atomic E-state index is 8.64. The van der Waals surface area contributed by atoms with Gasteiger partial charge in [-0.2, -0.15) is 0 Å². The molecule has 3 aromatic rings. The Morgan fingerprint density at radius 1 is 0.318 bits per heavy atom. The average Bonchev–Trinajstić information content (AvgIpc) is 3.34. The fourth-order valence-corrected chi connectivity index (χ4v) is 7.66. The molecule has 0 aliphatic heterocycles. The minimum absolute atomic E-state index is 0. The second kappa shape index (κ2) is 60.0. The number of alkyl halides is 1. The summed E-state index contributed by atoms with van der Waals surface area (Å²) in [5.41, 5.74) is 3.80. The van der Waals surface area contributed by atoms with Crippen LogP contribution in [0.1, 0.15) is 210 Å². The third kappa shape index (κ3) is 53.8. The molecular formula is C58H99I2O6-. The van der Waals surface area contributed by atoms with Crippen molar-refractivity contribution in [3.05, 3.63) is 108 Å². The van der Waals surface area contributed by atoms with Gasteiger partial charge in [0.15, 0.2) is 0 Å². The molecule has 3 rings (SSSR count). The highest BCUT2D eigenvalue weighted by Gasteiger charge is 1.97. The molecule has 8 heteroatoms. The largest absolute Gasteiger partial charge is 1.00 e. The fourth-order valence-electron chi connectivity index (χ4n) is 7.12. The lowest BCUT2D eigenvalue weighted by atomic mass is 10.1. The van der Waals surface area contributed by atoms with Crippen molar-refractivity contribution in [1.82, 2.24) is 0 Å². The summed E-state index contributed by atoms with van der Waals surface area (Å²) in [6.07, 6.45) is 36.7. The average molecular weight is 1150 g/mol. The number of hydrogen-bond acceptors (Lipinski definition) is 6. The summed E-state index contributed by atoms with van der Waals surface area (Å²) >= 11 is 2.46. The molecule has 382 valence electrons. The van der Waals surface area contributed by atoms with Crippen molar-refractivity contribution < 1.29 is 53.5 Å². The Morgan fingerprint density at radius 3 is 0.788 bits per heavy atom. The van der Waals surface area contributed by atoms with Crippen LogP contribution in [0.2, 0.25) is 0 Å². The van der Waals surface area contributed by atoms with Crippen LogP contribution in [0.15, 0.2) is 91.0 Å². The molecule has 0 saturated heterocycles. The van der Waals surface area contributed by atoms with Crippen LogP contribution in [-0.4, -0.2) is 59.4 Å². The minimum Gasteiger partial charge on any atom is -1.00 e. The number of benzene rings is 3. The number of aliphatic hydroxyl groups is 3. The molecule has 0 atom stereocenters. The first-order chi connectivity index (χ1) is 32.2. The van der Waals surface area contributed by atoms with Crippen LogP contribution in [0.4, 0.5) is 0 Å². The third-order valence-corrected chi connectivity index (χ3v) is 11.9. The highest BCUT2D eigenvalue weighted by atomic mass is 127. The second-order valence-corrected chi connectivity index (χ2v) is 18.5. The van der Waals surface area contributed by atoms with E-state index in [2.05, 4.69) is 90.2 Å². The Balaban J connectivity index is 0. The van der Waals surface area contributed by atoms with Gasteiger partial charge in [-0.15, -0.1) is 0 Å². The molecule has 0 fully saturated rings. The van der Waals surface area contributed by atoms with Crippen molar-refractivity contribution in [3.8, 4) is 0 Å². The SMILES string of the molecule is CCCCCCCCCCOCc1ccccc1.ICCCCCCCCCOCc1ccccc1.OCCCCCCCCCO.OCCCCCCCCCOCc1ccccc1.[I-]. The van der Waals surface area contributed by atoms with Gasteiger partial charge < -0.3 is 53.5 Å². The summed E-state index contributed by atoms with van der Waals surface area (Å²) in [6, 6.07) is 31.1.